The lowest BCUT2D eigenvalue weighted by molar-refractivity contribution is 0.258. The van der Waals surface area contributed by atoms with Crippen molar-refractivity contribution in [3.8, 4) is 0 Å². The smallest absolute Gasteiger partial charge is 0.240 e. The Hall–Kier alpha value is -1.89. The zero-order valence-electron chi connectivity index (χ0n) is 15.1. The molecule has 26 heavy (non-hydrogen) atoms. The quantitative estimate of drug-likeness (QED) is 0.874. The molecule has 0 saturated heterocycles. The Kier molecular flexibility index (Phi) is 4.73. The van der Waals surface area contributed by atoms with Gasteiger partial charge in [-0.15, -0.1) is 0 Å². The SMILES string of the molecule is CN1CCc2ccc(S(=O)(=O)NCCN3CCc4ccccc4C3)cc21. The molecule has 6 heteroatoms. The molecule has 2 aliphatic heterocycles. The normalized spacial score (nSPS) is 17.2. The molecule has 0 atom stereocenters. The summed E-state index contributed by atoms with van der Waals surface area (Å²) in [4.78, 5) is 4.77. The number of anilines is 1. The number of likely N-dealkylation sites (N-methyl/N-ethyl adjacent to an activating group) is 1. The minimum Gasteiger partial charge on any atom is -0.374 e. The average molecular weight is 372 g/mol. The van der Waals surface area contributed by atoms with Gasteiger partial charge in [0.05, 0.1) is 4.90 Å². The molecule has 0 amide bonds. The third-order valence-corrected chi connectivity index (χ3v) is 6.88. The maximum absolute atomic E-state index is 12.6. The van der Waals surface area contributed by atoms with E-state index in [0.717, 1.165) is 44.7 Å². The van der Waals surface area contributed by atoms with Gasteiger partial charge in [0.1, 0.15) is 0 Å². The van der Waals surface area contributed by atoms with E-state index < -0.39 is 10.0 Å². The minimum absolute atomic E-state index is 0.356. The number of rotatable bonds is 5. The van der Waals surface area contributed by atoms with E-state index >= 15 is 0 Å². The predicted octanol–water partition coefficient (Wildman–Crippen LogP) is 2.02. The first-order chi connectivity index (χ1) is 12.5. The first-order valence-electron chi connectivity index (χ1n) is 9.16. The van der Waals surface area contributed by atoms with E-state index in [0.29, 0.717) is 11.4 Å². The van der Waals surface area contributed by atoms with Gasteiger partial charge >= 0.3 is 0 Å². The van der Waals surface area contributed by atoms with Gasteiger partial charge in [-0.05, 0) is 41.7 Å². The van der Waals surface area contributed by atoms with Gasteiger partial charge in [0.2, 0.25) is 10.0 Å². The van der Waals surface area contributed by atoms with Crippen molar-refractivity contribution in [1.82, 2.24) is 9.62 Å². The molecule has 1 N–H and O–H groups in total. The number of hydrogen-bond donors (Lipinski definition) is 1. The van der Waals surface area contributed by atoms with Crippen LogP contribution in [0.15, 0.2) is 47.4 Å². The lowest BCUT2D eigenvalue weighted by Gasteiger charge is -2.28. The Bertz CT molecular complexity index is 911. The molecule has 0 spiro atoms. The van der Waals surface area contributed by atoms with Crippen molar-refractivity contribution < 1.29 is 8.42 Å². The van der Waals surface area contributed by atoms with Gasteiger partial charge < -0.3 is 4.90 Å². The van der Waals surface area contributed by atoms with Gasteiger partial charge in [0.15, 0.2) is 0 Å². The Balaban J connectivity index is 1.37. The zero-order chi connectivity index (χ0) is 18.1. The maximum Gasteiger partial charge on any atom is 0.240 e. The Labute approximate surface area is 155 Å². The van der Waals surface area contributed by atoms with Crippen molar-refractivity contribution in [2.75, 3.05) is 38.1 Å². The van der Waals surface area contributed by atoms with Gasteiger partial charge in [0.25, 0.3) is 0 Å². The van der Waals surface area contributed by atoms with Crippen LogP contribution < -0.4 is 9.62 Å². The monoisotopic (exact) mass is 371 g/mol. The second kappa shape index (κ2) is 7.02. The lowest BCUT2D eigenvalue weighted by atomic mass is 10.0. The molecule has 2 heterocycles. The van der Waals surface area contributed by atoms with Crippen molar-refractivity contribution in [3.63, 3.8) is 0 Å². The molecular weight excluding hydrogens is 346 g/mol. The summed E-state index contributed by atoms with van der Waals surface area (Å²) >= 11 is 0. The minimum atomic E-state index is -3.47. The molecular formula is C20H25N3O2S. The number of hydrogen-bond acceptors (Lipinski definition) is 4. The van der Waals surface area contributed by atoms with E-state index in [1.165, 1.54) is 16.7 Å². The molecule has 0 saturated carbocycles. The molecule has 2 aromatic carbocycles. The second-order valence-electron chi connectivity index (χ2n) is 7.15. The van der Waals surface area contributed by atoms with Gasteiger partial charge in [-0.3, -0.25) is 4.90 Å². The summed E-state index contributed by atoms with van der Waals surface area (Å²) in [7, 11) is -1.47. The molecule has 2 aromatic rings. The lowest BCUT2D eigenvalue weighted by Crippen LogP contribution is -2.37. The fourth-order valence-corrected chi connectivity index (χ4v) is 4.89. The molecule has 138 valence electrons. The van der Waals surface area contributed by atoms with Crippen LogP contribution in [0.5, 0.6) is 0 Å². The molecule has 5 nitrogen and oxygen atoms in total. The van der Waals surface area contributed by atoms with Crippen LogP contribution in [0.3, 0.4) is 0 Å². The molecule has 0 unspecified atom stereocenters. The van der Waals surface area contributed by atoms with Crippen LogP contribution in [0.1, 0.15) is 16.7 Å². The third kappa shape index (κ3) is 3.49. The highest BCUT2D eigenvalue weighted by Crippen LogP contribution is 2.29. The first kappa shape index (κ1) is 17.5. The number of benzene rings is 2. The summed E-state index contributed by atoms with van der Waals surface area (Å²) in [6, 6.07) is 13.9. The van der Waals surface area contributed by atoms with Crippen molar-refractivity contribution >= 4 is 15.7 Å². The molecule has 0 aliphatic carbocycles. The van der Waals surface area contributed by atoms with E-state index in [-0.39, 0.29) is 0 Å². The van der Waals surface area contributed by atoms with Crippen LogP contribution in [0.4, 0.5) is 5.69 Å². The highest BCUT2D eigenvalue weighted by atomic mass is 32.2. The van der Waals surface area contributed by atoms with E-state index in [1.54, 1.807) is 12.1 Å². The Morgan fingerprint density at radius 1 is 1.00 bits per heavy atom. The fraction of sp³-hybridized carbons (Fsp3) is 0.400. The van der Waals surface area contributed by atoms with Crippen LogP contribution in [-0.4, -0.2) is 46.5 Å². The number of nitrogens with zero attached hydrogens (tertiary/aromatic N) is 2. The number of sulfonamides is 1. The standard InChI is InChI=1S/C20H25N3O2S/c1-22-11-8-17-6-7-19(14-20(17)22)26(24,25)21-10-13-23-12-9-16-4-2-3-5-18(16)15-23/h2-7,14,21H,8-13,15H2,1H3. The van der Waals surface area contributed by atoms with Crippen LogP contribution in [0.25, 0.3) is 0 Å². The Morgan fingerprint density at radius 2 is 1.77 bits per heavy atom. The van der Waals surface area contributed by atoms with Crippen molar-refractivity contribution in [2.24, 2.45) is 0 Å². The molecule has 4 rings (SSSR count). The van der Waals surface area contributed by atoms with Crippen molar-refractivity contribution in [3.05, 3.63) is 59.2 Å². The van der Waals surface area contributed by atoms with Crippen LogP contribution in [0.2, 0.25) is 0 Å². The van der Waals surface area contributed by atoms with Crippen LogP contribution in [-0.2, 0) is 29.4 Å². The fourth-order valence-electron chi connectivity index (χ4n) is 3.85. The van der Waals surface area contributed by atoms with Crippen molar-refractivity contribution in [1.29, 1.82) is 0 Å². The summed E-state index contributed by atoms with van der Waals surface area (Å²) in [5.74, 6) is 0. The largest absolute Gasteiger partial charge is 0.374 e. The Morgan fingerprint density at radius 3 is 2.62 bits per heavy atom. The van der Waals surface area contributed by atoms with Gasteiger partial charge in [0, 0.05) is 45.5 Å². The van der Waals surface area contributed by atoms with Crippen molar-refractivity contribution in [2.45, 2.75) is 24.3 Å². The third-order valence-electron chi connectivity index (χ3n) is 5.42. The molecule has 0 aromatic heterocycles. The zero-order valence-corrected chi connectivity index (χ0v) is 15.9. The van der Waals surface area contributed by atoms with E-state index in [9.17, 15) is 8.42 Å². The maximum atomic E-state index is 12.6. The summed E-state index contributed by atoms with van der Waals surface area (Å²) in [6.45, 7) is 3.96. The first-order valence-corrected chi connectivity index (χ1v) is 10.6. The number of nitrogens with one attached hydrogen (secondary N) is 1. The van der Waals surface area contributed by atoms with Crippen LogP contribution in [0, 0.1) is 0 Å². The molecule has 0 fully saturated rings. The van der Waals surface area contributed by atoms with E-state index in [1.807, 2.05) is 13.1 Å². The summed E-state index contributed by atoms with van der Waals surface area (Å²) in [6.07, 6.45) is 2.01. The highest BCUT2D eigenvalue weighted by Gasteiger charge is 2.21. The predicted molar refractivity (Wildman–Crippen MR) is 104 cm³/mol. The van der Waals surface area contributed by atoms with Crippen LogP contribution >= 0.6 is 0 Å². The number of fused-ring (bicyclic) bond motifs is 2. The van der Waals surface area contributed by atoms with E-state index in [2.05, 4.69) is 38.8 Å². The molecule has 0 radical (unpaired) electrons. The second-order valence-corrected chi connectivity index (χ2v) is 8.92. The van der Waals surface area contributed by atoms with Gasteiger partial charge in [-0.1, -0.05) is 30.3 Å². The molecule has 0 bridgehead atoms. The summed E-state index contributed by atoms with van der Waals surface area (Å²) < 4.78 is 28.0. The van der Waals surface area contributed by atoms with Gasteiger partial charge in [-0.25, -0.2) is 13.1 Å². The molecule has 2 aliphatic rings. The van der Waals surface area contributed by atoms with E-state index in [4.69, 9.17) is 0 Å². The summed E-state index contributed by atoms with van der Waals surface area (Å²) in [5.41, 5.74) is 5.01. The average Bonchev–Trinajstić information content (AvgIpc) is 3.02. The van der Waals surface area contributed by atoms with Gasteiger partial charge in [-0.2, -0.15) is 0 Å². The topological polar surface area (TPSA) is 52.7 Å². The summed E-state index contributed by atoms with van der Waals surface area (Å²) in [5, 5.41) is 0. The highest BCUT2D eigenvalue weighted by molar-refractivity contribution is 7.89.